The van der Waals surface area contributed by atoms with Crippen LogP contribution in [0.2, 0.25) is 0 Å². The van der Waals surface area contributed by atoms with Gasteiger partial charge in [-0.3, -0.25) is 4.79 Å². The molecule has 0 spiro atoms. The highest BCUT2D eigenvalue weighted by Crippen LogP contribution is 2.24. The predicted molar refractivity (Wildman–Crippen MR) is 65.6 cm³/mol. The Kier molecular flexibility index (Phi) is 3.55. The van der Waals surface area contributed by atoms with E-state index in [0.717, 1.165) is 10.0 Å². The first-order chi connectivity index (χ1) is 6.83. The van der Waals surface area contributed by atoms with Crippen molar-refractivity contribution in [3.63, 3.8) is 0 Å². The average Bonchev–Trinajstić information content (AvgIpc) is 2.10. The summed E-state index contributed by atoms with van der Waals surface area (Å²) < 4.78 is 1.07. The fourth-order valence-electron chi connectivity index (χ4n) is 1.34. The molecule has 0 aliphatic heterocycles. The van der Waals surface area contributed by atoms with Crippen LogP contribution < -0.4 is 5.73 Å². The highest BCUT2D eigenvalue weighted by Gasteiger charge is 2.25. The van der Waals surface area contributed by atoms with Gasteiger partial charge in [0.25, 0.3) is 0 Å². The second kappa shape index (κ2) is 4.35. The van der Waals surface area contributed by atoms with E-state index in [9.17, 15) is 4.79 Å². The van der Waals surface area contributed by atoms with Gasteiger partial charge in [0.15, 0.2) is 0 Å². The quantitative estimate of drug-likeness (QED) is 0.901. The van der Waals surface area contributed by atoms with E-state index in [1.54, 1.807) is 0 Å². The molecule has 1 rings (SSSR count). The normalized spacial score (nSPS) is 11.5. The number of nitrogens with two attached hydrogens (primary N) is 1. The highest BCUT2D eigenvalue weighted by atomic mass is 79.9. The van der Waals surface area contributed by atoms with Gasteiger partial charge in [-0.25, -0.2) is 0 Å². The van der Waals surface area contributed by atoms with Crippen LogP contribution in [0.3, 0.4) is 0 Å². The Labute approximate surface area is 99.0 Å². The Hall–Kier alpha value is -0.830. The van der Waals surface area contributed by atoms with Gasteiger partial charge in [0.05, 0.1) is 0 Å². The topological polar surface area (TPSA) is 43.1 Å². The van der Waals surface area contributed by atoms with Crippen molar-refractivity contribution in [2.24, 2.45) is 11.1 Å². The summed E-state index contributed by atoms with van der Waals surface area (Å²) in [4.78, 5) is 11.2. The predicted octanol–water partition coefficient (Wildman–Crippen LogP) is 2.81. The minimum atomic E-state index is -0.491. The number of amides is 1. The van der Waals surface area contributed by atoms with Gasteiger partial charge >= 0.3 is 0 Å². The van der Waals surface area contributed by atoms with Gasteiger partial charge in [-0.05, 0) is 30.5 Å². The highest BCUT2D eigenvalue weighted by molar-refractivity contribution is 9.10. The number of rotatable bonds is 3. The minimum absolute atomic E-state index is 0.265. The smallest absolute Gasteiger partial charge is 0.223 e. The van der Waals surface area contributed by atoms with Crippen LogP contribution in [0.25, 0.3) is 0 Å². The Balaban J connectivity index is 2.91. The van der Waals surface area contributed by atoms with Gasteiger partial charge in [-0.2, -0.15) is 0 Å². The van der Waals surface area contributed by atoms with Crippen molar-refractivity contribution < 1.29 is 4.79 Å². The molecule has 1 aromatic carbocycles. The second-order valence-corrected chi connectivity index (χ2v) is 5.36. The molecule has 1 amide bonds. The monoisotopic (exact) mass is 269 g/mol. The molecular formula is C12H16BrNO. The zero-order valence-electron chi connectivity index (χ0n) is 9.30. The largest absolute Gasteiger partial charge is 0.369 e. The zero-order valence-corrected chi connectivity index (χ0v) is 10.9. The van der Waals surface area contributed by atoms with Gasteiger partial charge in [0, 0.05) is 9.89 Å². The number of primary amides is 1. The van der Waals surface area contributed by atoms with Gasteiger partial charge in [-0.1, -0.05) is 41.9 Å². The number of hydrogen-bond donors (Lipinski definition) is 1. The van der Waals surface area contributed by atoms with Crippen LogP contribution in [0.15, 0.2) is 22.7 Å². The van der Waals surface area contributed by atoms with Crippen molar-refractivity contribution in [2.45, 2.75) is 27.2 Å². The maximum Gasteiger partial charge on any atom is 0.223 e. The first kappa shape index (κ1) is 12.2. The molecule has 0 bridgehead atoms. The Morgan fingerprint density at radius 2 is 2.07 bits per heavy atom. The molecular weight excluding hydrogens is 254 g/mol. The van der Waals surface area contributed by atoms with Crippen LogP contribution in [0.5, 0.6) is 0 Å². The van der Waals surface area contributed by atoms with Gasteiger partial charge < -0.3 is 5.73 Å². The molecule has 1 aromatic rings. The van der Waals surface area contributed by atoms with Crippen molar-refractivity contribution in [1.29, 1.82) is 0 Å². The molecule has 0 atom stereocenters. The number of carbonyl (C=O) groups excluding carboxylic acids is 1. The van der Waals surface area contributed by atoms with E-state index < -0.39 is 5.41 Å². The van der Waals surface area contributed by atoms with Gasteiger partial charge in [0.2, 0.25) is 5.91 Å². The molecule has 0 radical (unpaired) electrons. The molecule has 0 heterocycles. The van der Waals surface area contributed by atoms with E-state index in [-0.39, 0.29) is 5.91 Å². The number of benzene rings is 1. The SMILES string of the molecule is Cc1ccc(CC(C)(C)C(N)=O)cc1Br. The molecule has 0 saturated heterocycles. The molecule has 0 aliphatic carbocycles. The van der Waals surface area contributed by atoms with Gasteiger partial charge in [-0.15, -0.1) is 0 Å². The summed E-state index contributed by atoms with van der Waals surface area (Å²) in [6, 6.07) is 6.11. The first-order valence-electron chi connectivity index (χ1n) is 4.88. The summed E-state index contributed by atoms with van der Waals surface area (Å²) in [5.41, 5.74) is 7.16. The minimum Gasteiger partial charge on any atom is -0.369 e. The fraction of sp³-hybridized carbons (Fsp3) is 0.417. The zero-order chi connectivity index (χ0) is 11.6. The van der Waals surface area contributed by atoms with E-state index in [2.05, 4.69) is 15.9 Å². The lowest BCUT2D eigenvalue weighted by molar-refractivity contribution is -0.125. The Bertz CT molecular complexity index is 385. The van der Waals surface area contributed by atoms with Crippen LogP contribution >= 0.6 is 15.9 Å². The molecule has 82 valence electrons. The van der Waals surface area contributed by atoms with Crippen molar-refractivity contribution in [1.82, 2.24) is 0 Å². The van der Waals surface area contributed by atoms with E-state index in [1.165, 1.54) is 5.56 Å². The van der Waals surface area contributed by atoms with E-state index in [4.69, 9.17) is 5.73 Å². The van der Waals surface area contributed by atoms with Crippen molar-refractivity contribution in [3.8, 4) is 0 Å². The standard InChI is InChI=1S/C12H16BrNO/c1-8-4-5-9(6-10(8)13)7-12(2,3)11(14)15/h4-6H,7H2,1-3H3,(H2,14,15). The maximum atomic E-state index is 11.2. The summed E-state index contributed by atoms with van der Waals surface area (Å²) in [7, 11) is 0. The molecule has 0 aliphatic rings. The lowest BCUT2D eigenvalue weighted by atomic mass is 9.85. The summed E-state index contributed by atoms with van der Waals surface area (Å²) >= 11 is 3.47. The summed E-state index contributed by atoms with van der Waals surface area (Å²) in [6.45, 7) is 5.76. The third kappa shape index (κ3) is 3.06. The van der Waals surface area contributed by atoms with E-state index >= 15 is 0 Å². The van der Waals surface area contributed by atoms with Crippen molar-refractivity contribution in [3.05, 3.63) is 33.8 Å². The number of carbonyl (C=O) groups is 1. The van der Waals surface area contributed by atoms with Crippen LogP contribution in [0, 0.1) is 12.3 Å². The van der Waals surface area contributed by atoms with Crippen molar-refractivity contribution in [2.75, 3.05) is 0 Å². The third-order valence-electron chi connectivity index (χ3n) is 2.55. The van der Waals surface area contributed by atoms with E-state index in [1.807, 2.05) is 39.0 Å². The molecule has 15 heavy (non-hydrogen) atoms. The molecule has 0 saturated carbocycles. The lowest BCUT2D eigenvalue weighted by Gasteiger charge is -2.20. The summed E-state index contributed by atoms with van der Waals surface area (Å²) in [5, 5.41) is 0. The van der Waals surface area contributed by atoms with Crippen LogP contribution in [0.4, 0.5) is 0 Å². The maximum absolute atomic E-state index is 11.2. The third-order valence-corrected chi connectivity index (χ3v) is 3.40. The van der Waals surface area contributed by atoms with Crippen LogP contribution in [0.1, 0.15) is 25.0 Å². The Morgan fingerprint density at radius 1 is 1.47 bits per heavy atom. The molecule has 2 nitrogen and oxygen atoms in total. The second-order valence-electron chi connectivity index (χ2n) is 4.51. The van der Waals surface area contributed by atoms with Crippen molar-refractivity contribution >= 4 is 21.8 Å². The molecule has 3 heteroatoms. The number of hydrogen-bond acceptors (Lipinski definition) is 1. The average molecular weight is 270 g/mol. The number of aryl methyl sites for hydroxylation is 1. The number of halogens is 1. The van der Waals surface area contributed by atoms with Gasteiger partial charge in [0.1, 0.15) is 0 Å². The Morgan fingerprint density at radius 3 is 2.53 bits per heavy atom. The first-order valence-corrected chi connectivity index (χ1v) is 5.67. The van der Waals surface area contributed by atoms with Crippen LogP contribution in [-0.2, 0) is 11.2 Å². The lowest BCUT2D eigenvalue weighted by Crippen LogP contribution is -2.33. The van der Waals surface area contributed by atoms with E-state index in [0.29, 0.717) is 6.42 Å². The molecule has 0 aromatic heterocycles. The van der Waals surface area contributed by atoms with Crippen LogP contribution in [-0.4, -0.2) is 5.91 Å². The fourth-order valence-corrected chi connectivity index (χ4v) is 1.77. The summed E-state index contributed by atoms with van der Waals surface area (Å²) in [5.74, 6) is -0.265. The molecule has 2 N–H and O–H groups in total. The molecule has 0 unspecified atom stereocenters. The summed E-state index contributed by atoms with van der Waals surface area (Å²) in [6.07, 6.45) is 0.668. The molecule has 0 fully saturated rings.